The molecule has 1 heterocycles. The van der Waals surface area contributed by atoms with E-state index in [-0.39, 0.29) is 17.5 Å². The second-order valence-corrected chi connectivity index (χ2v) is 8.94. The van der Waals surface area contributed by atoms with Gasteiger partial charge in [-0.05, 0) is 33.3 Å². The van der Waals surface area contributed by atoms with E-state index < -0.39 is 0 Å². The molecule has 0 aromatic heterocycles. The molecule has 1 aromatic carbocycles. The third kappa shape index (κ3) is 9.14. The maximum atomic E-state index is 12.0. The first kappa shape index (κ1) is 26.1. The Balaban J connectivity index is 1.86. The molecule has 1 atom stereocenters. The first-order valence-electron chi connectivity index (χ1n) is 11.7. The van der Waals surface area contributed by atoms with Crippen molar-refractivity contribution < 1.29 is 9.53 Å². The molecule has 8 nitrogen and oxygen atoms in total. The Bertz CT molecular complexity index is 702. The van der Waals surface area contributed by atoms with Gasteiger partial charge in [0.25, 0.3) is 0 Å². The zero-order valence-electron chi connectivity index (χ0n) is 20.5. The minimum atomic E-state index is -0.141. The molecule has 1 saturated heterocycles. The fraction of sp³-hybridized carbons (Fsp3) is 0.667. The predicted octanol–water partition coefficient (Wildman–Crippen LogP) is 1.46. The maximum absolute atomic E-state index is 12.0. The fourth-order valence-electron chi connectivity index (χ4n) is 3.82. The number of hydrogen-bond acceptors (Lipinski definition) is 5. The molecule has 1 unspecified atom stereocenters. The number of aliphatic imine (C=N–C) groups is 1. The topological polar surface area (TPSA) is 81.2 Å². The van der Waals surface area contributed by atoms with E-state index in [4.69, 9.17) is 9.73 Å². The third-order valence-electron chi connectivity index (χ3n) is 5.53. The lowest BCUT2D eigenvalue weighted by molar-refractivity contribution is -0.122. The first-order chi connectivity index (χ1) is 15.3. The minimum Gasteiger partial charge on any atom is -0.383 e. The summed E-state index contributed by atoms with van der Waals surface area (Å²) in [5.74, 6) is 0.996. The van der Waals surface area contributed by atoms with E-state index in [0.29, 0.717) is 26.2 Å². The van der Waals surface area contributed by atoms with Gasteiger partial charge in [-0.3, -0.25) is 14.7 Å². The summed E-state index contributed by atoms with van der Waals surface area (Å²) in [6.45, 7) is 15.1. The summed E-state index contributed by atoms with van der Waals surface area (Å²) in [7, 11) is 1.63. The SMILES string of the molecule is CCNC(=NCC(C)(C)NC(C)c1ccccc1)N1CCN(CC(=O)NCCOC)CC1. The van der Waals surface area contributed by atoms with Crippen LogP contribution in [0.15, 0.2) is 35.3 Å². The summed E-state index contributed by atoms with van der Waals surface area (Å²) in [4.78, 5) is 21.5. The molecule has 1 aliphatic heterocycles. The lowest BCUT2D eigenvalue weighted by atomic mass is 10.0. The second kappa shape index (κ2) is 13.4. The highest BCUT2D eigenvalue weighted by Gasteiger charge is 2.24. The molecular weight excluding hydrogens is 404 g/mol. The van der Waals surface area contributed by atoms with Crippen molar-refractivity contribution >= 4 is 11.9 Å². The standard InChI is InChI=1S/C24H42N6O2/c1-6-25-23(27-19-24(3,4)28-20(2)21-10-8-7-9-11-21)30-15-13-29(14-16-30)18-22(31)26-12-17-32-5/h7-11,20,28H,6,12-19H2,1-5H3,(H,25,27)(H,26,31). The summed E-state index contributed by atoms with van der Waals surface area (Å²) in [6, 6.07) is 10.7. The molecule has 0 aliphatic carbocycles. The van der Waals surface area contributed by atoms with Gasteiger partial charge in [-0.1, -0.05) is 30.3 Å². The smallest absolute Gasteiger partial charge is 0.234 e. The molecule has 1 aromatic rings. The Morgan fingerprint density at radius 2 is 1.84 bits per heavy atom. The zero-order valence-corrected chi connectivity index (χ0v) is 20.5. The summed E-state index contributed by atoms with van der Waals surface area (Å²) < 4.78 is 4.98. The predicted molar refractivity (Wildman–Crippen MR) is 131 cm³/mol. The summed E-state index contributed by atoms with van der Waals surface area (Å²) in [5.41, 5.74) is 1.14. The number of methoxy groups -OCH3 is 1. The van der Waals surface area contributed by atoms with Crippen molar-refractivity contribution in [2.45, 2.75) is 39.3 Å². The van der Waals surface area contributed by atoms with Gasteiger partial charge < -0.3 is 25.6 Å². The van der Waals surface area contributed by atoms with Crippen LogP contribution >= 0.6 is 0 Å². The highest BCUT2D eigenvalue weighted by Crippen LogP contribution is 2.16. The Morgan fingerprint density at radius 3 is 2.47 bits per heavy atom. The van der Waals surface area contributed by atoms with Gasteiger partial charge in [-0.15, -0.1) is 0 Å². The van der Waals surface area contributed by atoms with Crippen molar-refractivity contribution in [1.29, 1.82) is 0 Å². The number of amides is 1. The fourth-order valence-corrected chi connectivity index (χ4v) is 3.82. The van der Waals surface area contributed by atoms with Gasteiger partial charge in [0.05, 0.1) is 19.7 Å². The van der Waals surface area contributed by atoms with Crippen molar-refractivity contribution in [2.75, 3.05) is 66.1 Å². The van der Waals surface area contributed by atoms with E-state index in [1.54, 1.807) is 7.11 Å². The van der Waals surface area contributed by atoms with E-state index in [9.17, 15) is 4.79 Å². The van der Waals surface area contributed by atoms with Crippen LogP contribution in [0.2, 0.25) is 0 Å². The number of ether oxygens (including phenoxy) is 1. The van der Waals surface area contributed by atoms with Crippen molar-refractivity contribution in [3.63, 3.8) is 0 Å². The average molecular weight is 447 g/mol. The lowest BCUT2D eigenvalue weighted by Crippen LogP contribution is -2.54. The molecule has 32 heavy (non-hydrogen) atoms. The molecule has 1 amide bonds. The number of nitrogens with one attached hydrogen (secondary N) is 3. The lowest BCUT2D eigenvalue weighted by Gasteiger charge is -2.37. The van der Waals surface area contributed by atoms with Gasteiger partial charge in [-0.25, -0.2) is 0 Å². The summed E-state index contributed by atoms with van der Waals surface area (Å²) >= 11 is 0. The van der Waals surface area contributed by atoms with Crippen molar-refractivity contribution in [3.05, 3.63) is 35.9 Å². The van der Waals surface area contributed by atoms with Crippen LogP contribution in [0.4, 0.5) is 0 Å². The molecule has 0 saturated carbocycles. The number of rotatable bonds is 11. The van der Waals surface area contributed by atoms with Crippen LogP contribution in [-0.2, 0) is 9.53 Å². The van der Waals surface area contributed by atoms with Crippen LogP contribution in [-0.4, -0.2) is 93.3 Å². The monoisotopic (exact) mass is 446 g/mol. The molecular formula is C24H42N6O2. The zero-order chi connectivity index (χ0) is 23.4. The van der Waals surface area contributed by atoms with Crippen LogP contribution < -0.4 is 16.0 Å². The van der Waals surface area contributed by atoms with E-state index in [0.717, 1.165) is 38.7 Å². The molecule has 1 fully saturated rings. The number of carbonyl (C=O) groups excluding carboxylic acids is 1. The Morgan fingerprint density at radius 1 is 1.16 bits per heavy atom. The van der Waals surface area contributed by atoms with Gasteiger partial charge in [0.15, 0.2) is 5.96 Å². The molecule has 3 N–H and O–H groups in total. The van der Waals surface area contributed by atoms with Crippen LogP contribution in [0, 0.1) is 0 Å². The number of guanidine groups is 1. The van der Waals surface area contributed by atoms with E-state index >= 15 is 0 Å². The van der Waals surface area contributed by atoms with Crippen LogP contribution in [0.3, 0.4) is 0 Å². The molecule has 0 spiro atoms. The molecule has 1 aliphatic rings. The Hall–Kier alpha value is -2.16. The van der Waals surface area contributed by atoms with Crippen LogP contribution in [0.1, 0.15) is 39.3 Å². The summed E-state index contributed by atoms with van der Waals surface area (Å²) in [6.07, 6.45) is 0. The third-order valence-corrected chi connectivity index (χ3v) is 5.53. The highest BCUT2D eigenvalue weighted by molar-refractivity contribution is 5.80. The van der Waals surface area contributed by atoms with Crippen molar-refractivity contribution in [2.24, 2.45) is 4.99 Å². The Labute approximate surface area is 193 Å². The maximum Gasteiger partial charge on any atom is 0.234 e. The quantitative estimate of drug-likeness (QED) is 0.271. The average Bonchev–Trinajstić information content (AvgIpc) is 2.78. The number of hydrogen-bond donors (Lipinski definition) is 3. The molecule has 0 radical (unpaired) electrons. The number of benzene rings is 1. The van der Waals surface area contributed by atoms with Gasteiger partial charge >= 0.3 is 0 Å². The molecule has 180 valence electrons. The number of piperazine rings is 1. The van der Waals surface area contributed by atoms with Gasteiger partial charge in [0.1, 0.15) is 0 Å². The highest BCUT2D eigenvalue weighted by atomic mass is 16.5. The normalized spacial score (nSPS) is 16.7. The van der Waals surface area contributed by atoms with Crippen LogP contribution in [0.25, 0.3) is 0 Å². The molecule has 8 heteroatoms. The van der Waals surface area contributed by atoms with Crippen molar-refractivity contribution in [1.82, 2.24) is 25.8 Å². The number of nitrogens with zero attached hydrogens (tertiary/aromatic N) is 3. The van der Waals surface area contributed by atoms with Crippen molar-refractivity contribution in [3.8, 4) is 0 Å². The van der Waals surface area contributed by atoms with E-state index in [1.165, 1.54) is 5.56 Å². The molecule has 0 bridgehead atoms. The molecule has 2 rings (SSSR count). The van der Waals surface area contributed by atoms with E-state index in [1.807, 2.05) is 6.07 Å². The first-order valence-corrected chi connectivity index (χ1v) is 11.7. The minimum absolute atomic E-state index is 0.0523. The van der Waals surface area contributed by atoms with Crippen LogP contribution in [0.5, 0.6) is 0 Å². The van der Waals surface area contributed by atoms with Gasteiger partial charge in [0, 0.05) is 58.0 Å². The van der Waals surface area contributed by atoms with E-state index in [2.05, 4.69) is 77.7 Å². The number of carbonyl (C=O) groups is 1. The Kier molecular flexibility index (Phi) is 10.9. The van der Waals surface area contributed by atoms with Gasteiger partial charge in [-0.2, -0.15) is 0 Å². The summed E-state index contributed by atoms with van der Waals surface area (Å²) in [5, 5.41) is 10.0. The second-order valence-electron chi connectivity index (χ2n) is 8.94. The van der Waals surface area contributed by atoms with Gasteiger partial charge in [0.2, 0.25) is 5.91 Å². The largest absolute Gasteiger partial charge is 0.383 e.